The molecule has 0 aliphatic heterocycles. The Balaban J connectivity index is 4.70. The molecule has 0 aromatic carbocycles. The molecule has 0 aliphatic carbocycles. The first-order chi connectivity index (χ1) is 10.3. The molecule has 2 atom stereocenters. The molecule has 0 aromatic heterocycles. The molecule has 2 unspecified atom stereocenters. The van der Waals surface area contributed by atoms with Crippen molar-refractivity contribution in [2.75, 3.05) is 6.61 Å². The van der Waals surface area contributed by atoms with Crippen LogP contribution in [0, 0.1) is 5.92 Å². The van der Waals surface area contributed by atoms with Crippen molar-refractivity contribution in [3.63, 3.8) is 0 Å². The average Bonchev–Trinajstić information content (AvgIpc) is 2.45. The highest BCUT2D eigenvalue weighted by molar-refractivity contribution is 5.94. The van der Waals surface area contributed by atoms with Crippen molar-refractivity contribution in [1.29, 1.82) is 0 Å². The molecule has 22 heavy (non-hydrogen) atoms. The Bertz CT molecular complexity index is 413. The van der Waals surface area contributed by atoms with Crippen LogP contribution in [0.1, 0.15) is 53.4 Å². The van der Waals surface area contributed by atoms with Gasteiger partial charge in [0.25, 0.3) is 0 Å². The van der Waals surface area contributed by atoms with Gasteiger partial charge in [-0.25, -0.2) is 9.59 Å². The second kappa shape index (κ2) is 10.8. The van der Waals surface area contributed by atoms with Gasteiger partial charge in [-0.2, -0.15) is 0 Å². The molecule has 6 nitrogen and oxygen atoms in total. The van der Waals surface area contributed by atoms with Gasteiger partial charge in [0.1, 0.15) is 6.10 Å². The van der Waals surface area contributed by atoms with E-state index >= 15 is 0 Å². The summed E-state index contributed by atoms with van der Waals surface area (Å²) < 4.78 is 10.4. The minimum absolute atomic E-state index is 0.113. The average molecular weight is 314 g/mol. The van der Waals surface area contributed by atoms with E-state index in [9.17, 15) is 14.4 Å². The lowest BCUT2D eigenvalue weighted by molar-refractivity contribution is -0.159. The number of esters is 2. The predicted octanol–water partition coefficient (Wildman–Crippen LogP) is 2.71. The third kappa shape index (κ3) is 7.81. The molecule has 0 bridgehead atoms. The highest BCUT2D eigenvalue weighted by Gasteiger charge is 2.27. The van der Waals surface area contributed by atoms with Crippen LogP contribution in [0.25, 0.3) is 0 Å². The summed E-state index contributed by atoms with van der Waals surface area (Å²) in [4.78, 5) is 34.3. The van der Waals surface area contributed by atoms with Gasteiger partial charge in [0, 0.05) is 11.6 Å². The molecule has 6 heteroatoms. The van der Waals surface area contributed by atoms with Crippen LogP contribution in [0.5, 0.6) is 0 Å². The van der Waals surface area contributed by atoms with Crippen molar-refractivity contribution in [3.8, 4) is 0 Å². The SMILES string of the molecule is CCCCOC(=O)C(C)C(CCC)OC(=O)/C=C(/C)C(=O)O. The van der Waals surface area contributed by atoms with E-state index in [1.165, 1.54) is 6.92 Å². The zero-order valence-corrected chi connectivity index (χ0v) is 13.8. The molecule has 0 spiro atoms. The number of ether oxygens (including phenoxy) is 2. The Kier molecular flexibility index (Phi) is 9.91. The number of hydrogen-bond donors (Lipinski definition) is 1. The van der Waals surface area contributed by atoms with Crippen LogP contribution in [0.3, 0.4) is 0 Å². The van der Waals surface area contributed by atoms with Crippen molar-refractivity contribution in [1.82, 2.24) is 0 Å². The highest BCUT2D eigenvalue weighted by atomic mass is 16.6. The topological polar surface area (TPSA) is 89.9 Å². The number of carboxylic acids is 1. The number of carbonyl (C=O) groups excluding carboxylic acids is 2. The molecule has 0 amide bonds. The molecule has 126 valence electrons. The van der Waals surface area contributed by atoms with Gasteiger partial charge in [0.05, 0.1) is 12.5 Å². The van der Waals surface area contributed by atoms with Crippen LogP contribution >= 0.6 is 0 Å². The lowest BCUT2D eigenvalue weighted by Gasteiger charge is -2.22. The van der Waals surface area contributed by atoms with Gasteiger partial charge in [-0.1, -0.05) is 26.7 Å². The smallest absolute Gasteiger partial charge is 0.331 e. The number of aliphatic carboxylic acids is 1. The van der Waals surface area contributed by atoms with Gasteiger partial charge in [-0.3, -0.25) is 4.79 Å². The summed E-state index contributed by atoms with van der Waals surface area (Å²) in [5.74, 6) is -2.93. The zero-order valence-electron chi connectivity index (χ0n) is 13.8. The van der Waals surface area contributed by atoms with Crippen molar-refractivity contribution < 1.29 is 29.0 Å². The molecular weight excluding hydrogens is 288 g/mol. The van der Waals surface area contributed by atoms with E-state index in [0.717, 1.165) is 25.3 Å². The Labute approximate surface area is 131 Å². The monoisotopic (exact) mass is 314 g/mol. The summed E-state index contributed by atoms with van der Waals surface area (Å²) in [5.41, 5.74) is -0.113. The molecule has 0 saturated carbocycles. The van der Waals surface area contributed by atoms with Gasteiger partial charge < -0.3 is 14.6 Å². The van der Waals surface area contributed by atoms with E-state index in [-0.39, 0.29) is 5.57 Å². The fourth-order valence-corrected chi connectivity index (χ4v) is 1.72. The van der Waals surface area contributed by atoms with E-state index in [0.29, 0.717) is 13.0 Å². The van der Waals surface area contributed by atoms with Crippen LogP contribution < -0.4 is 0 Å². The molecule has 0 radical (unpaired) electrons. The summed E-state index contributed by atoms with van der Waals surface area (Å²) in [7, 11) is 0. The number of carboxylic acid groups (broad SMARTS) is 1. The summed E-state index contributed by atoms with van der Waals surface area (Å²) in [6, 6.07) is 0. The minimum atomic E-state index is -1.18. The van der Waals surface area contributed by atoms with Crippen molar-refractivity contribution >= 4 is 17.9 Å². The second-order valence-corrected chi connectivity index (χ2v) is 5.21. The molecule has 0 fully saturated rings. The van der Waals surface area contributed by atoms with Crippen LogP contribution in [0.2, 0.25) is 0 Å². The fraction of sp³-hybridized carbons (Fsp3) is 0.688. The summed E-state index contributed by atoms with van der Waals surface area (Å²) in [6.07, 6.45) is 3.25. The normalized spacial score (nSPS) is 14.1. The van der Waals surface area contributed by atoms with Gasteiger partial charge in [-0.05, 0) is 26.7 Å². The van der Waals surface area contributed by atoms with Crippen molar-refractivity contribution in [2.24, 2.45) is 5.92 Å². The molecular formula is C16H26O6. The zero-order chi connectivity index (χ0) is 17.1. The maximum absolute atomic E-state index is 11.9. The van der Waals surface area contributed by atoms with Crippen molar-refractivity contribution in [3.05, 3.63) is 11.6 Å². The Morgan fingerprint density at radius 1 is 1.18 bits per heavy atom. The largest absolute Gasteiger partial charge is 0.478 e. The summed E-state index contributed by atoms with van der Waals surface area (Å²) >= 11 is 0. The highest BCUT2D eigenvalue weighted by Crippen LogP contribution is 2.16. The first-order valence-corrected chi connectivity index (χ1v) is 7.62. The molecule has 0 saturated heterocycles. The first kappa shape index (κ1) is 20.1. The van der Waals surface area contributed by atoms with Crippen LogP contribution in [-0.4, -0.2) is 35.7 Å². The second-order valence-electron chi connectivity index (χ2n) is 5.21. The standard InChI is InChI=1S/C16H26O6/c1-5-7-9-21-16(20)12(4)13(8-6-2)22-14(17)10-11(3)15(18)19/h10,12-13H,5-9H2,1-4H3,(H,18,19)/b11-10-. The maximum Gasteiger partial charge on any atom is 0.331 e. The number of carbonyl (C=O) groups is 3. The van der Waals surface area contributed by atoms with Gasteiger partial charge >= 0.3 is 17.9 Å². The minimum Gasteiger partial charge on any atom is -0.478 e. The first-order valence-electron chi connectivity index (χ1n) is 7.62. The Morgan fingerprint density at radius 2 is 1.82 bits per heavy atom. The third-order valence-electron chi connectivity index (χ3n) is 3.18. The summed E-state index contributed by atoms with van der Waals surface area (Å²) in [5, 5.41) is 8.74. The maximum atomic E-state index is 11.9. The Morgan fingerprint density at radius 3 is 2.32 bits per heavy atom. The third-order valence-corrected chi connectivity index (χ3v) is 3.18. The van der Waals surface area contributed by atoms with Gasteiger partial charge in [0.15, 0.2) is 0 Å². The molecule has 0 aliphatic rings. The van der Waals surface area contributed by atoms with Crippen LogP contribution in [0.15, 0.2) is 11.6 Å². The van der Waals surface area contributed by atoms with E-state index in [4.69, 9.17) is 14.6 Å². The van der Waals surface area contributed by atoms with Crippen LogP contribution in [0.4, 0.5) is 0 Å². The Hall–Kier alpha value is -1.85. The quantitative estimate of drug-likeness (QED) is 0.379. The van der Waals surface area contributed by atoms with E-state index in [1.807, 2.05) is 13.8 Å². The van der Waals surface area contributed by atoms with E-state index < -0.39 is 29.9 Å². The molecule has 0 rings (SSSR count). The predicted molar refractivity (Wildman–Crippen MR) is 81.2 cm³/mol. The van der Waals surface area contributed by atoms with Crippen LogP contribution in [-0.2, 0) is 23.9 Å². The fourth-order valence-electron chi connectivity index (χ4n) is 1.72. The number of unbranched alkanes of at least 4 members (excludes halogenated alkanes) is 1. The lowest BCUT2D eigenvalue weighted by atomic mass is 10.0. The van der Waals surface area contributed by atoms with Gasteiger partial charge in [-0.15, -0.1) is 0 Å². The van der Waals surface area contributed by atoms with Gasteiger partial charge in [0.2, 0.25) is 0 Å². The molecule has 0 aromatic rings. The molecule has 0 heterocycles. The summed E-state index contributed by atoms with van der Waals surface area (Å²) in [6.45, 7) is 7.21. The van der Waals surface area contributed by atoms with E-state index in [2.05, 4.69) is 0 Å². The molecule has 1 N–H and O–H groups in total. The number of rotatable bonds is 10. The van der Waals surface area contributed by atoms with E-state index in [1.54, 1.807) is 6.92 Å². The van der Waals surface area contributed by atoms with Crippen molar-refractivity contribution in [2.45, 2.75) is 59.5 Å². The number of hydrogen-bond acceptors (Lipinski definition) is 5. The lowest BCUT2D eigenvalue weighted by Crippen LogP contribution is -2.31.